The van der Waals surface area contributed by atoms with Crippen LogP contribution in [0.5, 0.6) is 0 Å². The van der Waals surface area contributed by atoms with Crippen LogP contribution in [0.15, 0.2) is 24.5 Å². The number of ether oxygens (including phenoxy) is 1. The fourth-order valence-corrected chi connectivity index (χ4v) is 2.59. The second-order valence-electron chi connectivity index (χ2n) is 4.90. The fourth-order valence-electron chi connectivity index (χ4n) is 2.23. The lowest BCUT2D eigenvalue weighted by Gasteiger charge is -2.12. The van der Waals surface area contributed by atoms with E-state index in [4.69, 9.17) is 20.3 Å². The number of aromatic nitrogens is 1. The van der Waals surface area contributed by atoms with Crippen molar-refractivity contribution in [3.05, 3.63) is 30.1 Å². The van der Waals surface area contributed by atoms with Crippen molar-refractivity contribution >= 4 is 13.7 Å². The molecule has 0 radical (unpaired) electrons. The molecule has 8 nitrogen and oxygen atoms in total. The lowest BCUT2D eigenvalue weighted by Crippen LogP contribution is -2.40. The molecule has 2 unspecified atom stereocenters. The van der Waals surface area contributed by atoms with Crippen molar-refractivity contribution < 1.29 is 33.0 Å². The van der Waals surface area contributed by atoms with Gasteiger partial charge in [-0.15, -0.1) is 0 Å². The second kappa shape index (κ2) is 6.64. The van der Waals surface area contributed by atoms with Crippen LogP contribution in [0.3, 0.4) is 0 Å². The Morgan fingerprint density at radius 2 is 2.19 bits per heavy atom. The number of rotatable bonds is 6. The maximum Gasteiger partial charge on any atom is 0.469 e. The SMILES string of the molecule is NC(=O)c1ccc[n+](CC2CCC(COP(=O)(O)O)O2)c1. The van der Waals surface area contributed by atoms with Gasteiger partial charge in [-0.2, -0.15) is 0 Å². The van der Waals surface area contributed by atoms with E-state index in [0.29, 0.717) is 18.5 Å². The smallest absolute Gasteiger partial charge is 0.366 e. The highest BCUT2D eigenvalue weighted by atomic mass is 31.2. The molecule has 1 saturated heterocycles. The summed E-state index contributed by atoms with van der Waals surface area (Å²) < 4.78 is 22.5. The molecule has 0 aliphatic carbocycles. The zero-order chi connectivity index (χ0) is 15.5. The van der Waals surface area contributed by atoms with Crippen LogP contribution in [0.2, 0.25) is 0 Å². The van der Waals surface area contributed by atoms with Crippen molar-refractivity contribution in [2.24, 2.45) is 5.73 Å². The summed E-state index contributed by atoms with van der Waals surface area (Å²) in [7, 11) is -4.46. The van der Waals surface area contributed by atoms with Gasteiger partial charge in [0.1, 0.15) is 11.7 Å². The summed E-state index contributed by atoms with van der Waals surface area (Å²) in [5.74, 6) is -0.496. The third kappa shape index (κ3) is 5.18. The molecule has 1 amide bonds. The van der Waals surface area contributed by atoms with Crippen molar-refractivity contribution in [3.63, 3.8) is 0 Å². The third-order valence-electron chi connectivity index (χ3n) is 3.18. The molecule has 21 heavy (non-hydrogen) atoms. The molecule has 0 aromatic carbocycles. The molecule has 116 valence electrons. The van der Waals surface area contributed by atoms with Gasteiger partial charge < -0.3 is 20.3 Å². The molecule has 4 N–H and O–H groups in total. The van der Waals surface area contributed by atoms with Crippen LogP contribution < -0.4 is 10.3 Å². The molecule has 0 saturated carbocycles. The first kappa shape index (κ1) is 16.1. The summed E-state index contributed by atoms with van der Waals surface area (Å²) in [6, 6.07) is 3.36. The second-order valence-corrected chi connectivity index (χ2v) is 6.14. The predicted molar refractivity (Wildman–Crippen MR) is 71.0 cm³/mol. The normalized spacial score (nSPS) is 22.4. The molecule has 1 aliphatic rings. The Labute approximate surface area is 121 Å². The molecule has 1 aromatic heterocycles. The lowest BCUT2D eigenvalue weighted by atomic mass is 10.2. The summed E-state index contributed by atoms with van der Waals surface area (Å²) in [5.41, 5.74) is 5.63. The number of amides is 1. The van der Waals surface area contributed by atoms with Crippen molar-refractivity contribution in [1.29, 1.82) is 0 Å². The van der Waals surface area contributed by atoms with E-state index in [9.17, 15) is 9.36 Å². The van der Waals surface area contributed by atoms with E-state index < -0.39 is 13.7 Å². The number of carbonyl (C=O) groups excluding carboxylic acids is 1. The van der Waals surface area contributed by atoms with Gasteiger partial charge in [0.2, 0.25) is 0 Å². The van der Waals surface area contributed by atoms with Crippen molar-refractivity contribution in [2.45, 2.75) is 31.6 Å². The van der Waals surface area contributed by atoms with E-state index in [1.165, 1.54) is 0 Å². The highest BCUT2D eigenvalue weighted by Crippen LogP contribution is 2.37. The summed E-state index contributed by atoms with van der Waals surface area (Å²) in [5, 5.41) is 0. The highest BCUT2D eigenvalue weighted by Gasteiger charge is 2.30. The Bertz CT molecular complexity index is 560. The van der Waals surface area contributed by atoms with Gasteiger partial charge in [-0.3, -0.25) is 9.32 Å². The van der Waals surface area contributed by atoms with Crippen LogP contribution >= 0.6 is 7.82 Å². The molecule has 2 atom stereocenters. The van der Waals surface area contributed by atoms with E-state index >= 15 is 0 Å². The first-order chi connectivity index (χ1) is 9.83. The minimum Gasteiger partial charge on any atom is -0.366 e. The first-order valence-corrected chi connectivity index (χ1v) is 8.01. The van der Waals surface area contributed by atoms with E-state index in [0.717, 1.165) is 6.42 Å². The highest BCUT2D eigenvalue weighted by molar-refractivity contribution is 7.46. The zero-order valence-electron chi connectivity index (χ0n) is 11.3. The van der Waals surface area contributed by atoms with Gasteiger partial charge >= 0.3 is 7.82 Å². The number of hydrogen-bond donors (Lipinski definition) is 3. The van der Waals surface area contributed by atoms with Crippen molar-refractivity contribution in [3.8, 4) is 0 Å². The topological polar surface area (TPSA) is 123 Å². The van der Waals surface area contributed by atoms with Gasteiger partial charge in [-0.25, -0.2) is 9.13 Å². The standard InChI is InChI=1S/C12H17N2O6P/c13-12(15)9-2-1-5-14(6-9)7-10-3-4-11(20-10)8-19-21(16,17)18/h1-2,5-6,10-11H,3-4,7-8H2,(H3-,13,15,16,17,18)/p+1. The number of phosphoric acid groups is 1. The summed E-state index contributed by atoms with van der Waals surface area (Å²) in [6.07, 6.45) is 4.44. The number of nitrogens with two attached hydrogens (primary N) is 1. The summed E-state index contributed by atoms with van der Waals surface area (Å²) in [6.45, 7) is 0.403. The number of phosphoric ester groups is 1. The van der Waals surface area contributed by atoms with Gasteiger partial charge in [-0.05, 0) is 18.9 Å². The number of carbonyl (C=O) groups is 1. The van der Waals surface area contributed by atoms with E-state index in [-0.39, 0.29) is 18.8 Å². The number of primary amides is 1. The molecule has 0 spiro atoms. The van der Waals surface area contributed by atoms with Crippen LogP contribution in [-0.2, 0) is 20.4 Å². The number of nitrogens with zero attached hydrogens (tertiary/aromatic N) is 1. The Morgan fingerprint density at radius 3 is 2.86 bits per heavy atom. The average Bonchev–Trinajstić information content (AvgIpc) is 2.83. The Morgan fingerprint density at radius 1 is 1.48 bits per heavy atom. The van der Waals surface area contributed by atoms with E-state index in [1.807, 2.05) is 0 Å². The first-order valence-electron chi connectivity index (χ1n) is 6.48. The van der Waals surface area contributed by atoms with Crippen molar-refractivity contribution in [1.82, 2.24) is 0 Å². The summed E-state index contributed by atoms with van der Waals surface area (Å²) in [4.78, 5) is 28.4. The van der Waals surface area contributed by atoms with Gasteiger partial charge in [0.15, 0.2) is 18.9 Å². The minimum absolute atomic E-state index is 0.0940. The molecular formula is C12H18N2O6P+. The molecule has 0 bridgehead atoms. The van der Waals surface area contributed by atoms with Crippen LogP contribution in [0.4, 0.5) is 0 Å². The quantitative estimate of drug-likeness (QED) is 0.490. The minimum atomic E-state index is -4.46. The van der Waals surface area contributed by atoms with Gasteiger partial charge in [-0.1, -0.05) is 0 Å². The molecule has 1 aromatic rings. The zero-order valence-corrected chi connectivity index (χ0v) is 12.2. The summed E-state index contributed by atoms with van der Waals surface area (Å²) >= 11 is 0. The Balaban J connectivity index is 1.86. The van der Waals surface area contributed by atoms with E-state index in [2.05, 4.69) is 4.52 Å². The van der Waals surface area contributed by atoms with Gasteiger partial charge in [0.05, 0.1) is 12.7 Å². The fraction of sp³-hybridized carbons (Fsp3) is 0.500. The van der Waals surface area contributed by atoms with Crippen LogP contribution in [0.1, 0.15) is 23.2 Å². The largest absolute Gasteiger partial charge is 0.469 e. The van der Waals surface area contributed by atoms with Crippen LogP contribution in [0, 0.1) is 0 Å². The van der Waals surface area contributed by atoms with E-state index in [1.54, 1.807) is 29.1 Å². The van der Waals surface area contributed by atoms with Gasteiger partial charge in [0, 0.05) is 6.07 Å². The van der Waals surface area contributed by atoms with Crippen molar-refractivity contribution in [2.75, 3.05) is 6.61 Å². The molecular weight excluding hydrogens is 299 g/mol. The number of hydrogen-bond acceptors (Lipinski definition) is 4. The van der Waals surface area contributed by atoms with Crippen LogP contribution in [0.25, 0.3) is 0 Å². The Hall–Kier alpha value is -1.31. The molecule has 1 aliphatic heterocycles. The molecule has 2 heterocycles. The molecule has 9 heteroatoms. The van der Waals surface area contributed by atoms with Gasteiger partial charge in [0.25, 0.3) is 5.91 Å². The predicted octanol–water partition coefficient (Wildman–Crippen LogP) is -0.270. The number of pyridine rings is 1. The monoisotopic (exact) mass is 317 g/mol. The lowest BCUT2D eigenvalue weighted by molar-refractivity contribution is -0.703. The molecule has 1 fully saturated rings. The van der Waals surface area contributed by atoms with Crippen LogP contribution in [-0.4, -0.2) is 34.5 Å². The third-order valence-corrected chi connectivity index (χ3v) is 3.67. The maximum absolute atomic E-state index is 11.1. The molecule has 2 rings (SSSR count). The Kier molecular flexibility index (Phi) is 5.08. The average molecular weight is 317 g/mol. The maximum atomic E-state index is 11.1.